The molecule has 0 atom stereocenters. The van der Waals surface area contributed by atoms with E-state index in [0.717, 1.165) is 17.6 Å². The normalized spacial score (nSPS) is 15.8. The average molecular weight is 273 g/mol. The number of sulfone groups is 1. The van der Waals surface area contributed by atoms with Crippen LogP contribution in [0.15, 0.2) is 4.21 Å². The van der Waals surface area contributed by atoms with Crippen molar-refractivity contribution in [3.05, 3.63) is 16.0 Å². The minimum Gasteiger partial charge on any atom is -0.306 e. The van der Waals surface area contributed by atoms with Crippen LogP contribution in [0.5, 0.6) is 0 Å². The summed E-state index contributed by atoms with van der Waals surface area (Å²) in [5.41, 5.74) is 0.737. The van der Waals surface area contributed by atoms with Crippen molar-refractivity contribution in [3.8, 4) is 0 Å². The molecule has 92 valence electrons. The molecule has 7 heteroatoms. The van der Waals surface area contributed by atoms with E-state index in [1.165, 1.54) is 6.92 Å². The molecule has 0 aliphatic carbocycles. The van der Waals surface area contributed by atoms with Crippen LogP contribution in [-0.4, -0.2) is 32.8 Å². The van der Waals surface area contributed by atoms with E-state index in [9.17, 15) is 18.0 Å². The van der Waals surface area contributed by atoms with Crippen molar-refractivity contribution in [1.29, 1.82) is 0 Å². The molecule has 0 radical (unpaired) electrons. The monoisotopic (exact) mass is 273 g/mol. The number of carbonyl (C=O) groups excluding carboxylic acids is 2. The van der Waals surface area contributed by atoms with Gasteiger partial charge in [0.15, 0.2) is 21.4 Å². The molecule has 1 N–H and O–H groups in total. The zero-order chi connectivity index (χ0) is 12.8. The van der Waals surface area contributed by atoms with Crippen LogP contribution >= 0.6 is 11.3 Å². The van der Waals surface area contributed by atoms with Crippen LogP contribution in [0.3, 0.4) is 0 Å². The summed E-state index contributed by atoms with van der Waals surface area (Å²) in [6.07, 6.45) is 1.05. The van der Waals surface area contributed by atoms with Crippen LogP contribution in [-0.2, 0) is 16.4 Å². The maximum absolute atomic E-state index is 11.8. The van der Waals surface area contributed by atoms with E-state index >= 15 is 0 Å². The van der Waals surface area contributed by atoms with Gasteiger partial charge in [-0.05, 0) is 12.5 Å². The fourth-order valence-corrected chi connectivity index (χ4v) is 4.26. The highest BCUT2D eigenvalue weighted by Crippen LogP contribution is 2.34. The Kier molecular flexibility index (Phi) is 2.92. The smallest absolute Gasteiger partial charge is 0.185 e. The first kappa shape index (κ1) is 12.4. The first-order valence-corrected chi connectivity index (χ1v) is 7.63. The predicted octanol–water partition coefficient (Wildman–Crippen LogP) is 0.640. The Morgan fingerprint density at radius 3 is 2.53 bits per heavy atom. The van der Waals surface area contributed by atoms with E-state index in [4.69, 9.17) is 0 Å². The number of carbonyl (C=O) groups is 2. The number of Topliss-reactive ketones (excluding diaryl/α,β-unsaturated/α-hetero) is 2. The van der Waals surface area contributed by atoms with Gasteiger partial charge in [0.2, 0.25) is 0 Å². The molecule has 1 aromatic heterocycles. The maximum Gasteiger partial charge on any atom is 0.185 e. The minimum absolute atomic E-state index is 0.0178. The van der Waals surface area contributed by atoms with Gasteiger partial charge in [0, 0.05) is 12.8 Å². The minimum atomic E-state index is -3.47. The summed E-state index contributed by atoms with van der Waals surface area (Å²) in [6, 6.07) is 0. The molecule has 1 aliphatic heterocycles. The van der Waals surface area contributed by atoms with Crippen molar-refractivity contribution in [2.45, 2.75) is 17.7 Å². The molecule has 0 amide bonds. The van der Waals surface area contributed by atoms with E-state index in [1.807, 2.05) is 0 Å². The number of rotatable bonds is 2. The van der Waals surface area contributed by atoms with Gasteiger partial charge in [-0.1, -0.05) is 0 Å². The van der Waals surface area contributed by atoms with Gasteiger partial charge in [-0.2, -0.15) is 0 Å². The Hall–Kier alpha value is -1.05. The summed E-state index contributed by atoms with van der Waals surface area (Å²) >= 11 is 0.896. The maximum atomic E-state index is 11.8. The number of nitrogens with one attached hydrogen (secondary N) is 1. The highest BCUT2D eigenvalue weighted by Gasteiger charge is 2.31. The number of ketones is 2. The van der Waals surface area contributed by atoms with Crippen LogP contribution in [0, 0.1) is 0 Å². The zero-order valence-electron chi connectivity index (χ0n) is 9.36. The van der Waals surface area contributed by atoms with Gasteiger partial charge in [-0.25, -0.2) is 8.42 Å². The van der Waals surface area contributed by atoms with Gasteiger partial charge in [-0.3, -0.25) is 9.59 Å². The topological polar surface area (TPSA) is 80.3 Å². The molecule has 0 unspecified atom stereocenters. The molecule has 0 bridgehead atoms. The summed E-state index contributed by atoms with van der Waals surface area (Å²) < 4.78 is 23.2. The summed E-state index contributed by atoms with van der Waals surface area (Å²) in [5.74, 6) is -0.479. The molecule has 0 fully saturated rings. The molecule has 2 heterocycles. The molecule has 17 heavy (non-hydrogen) atoms. The van der Waals surface area contributed by atoms with E-state index in [-0.39, 0.29) is 27.9 Å². The van der Waals surface area contributed by atoms with E-state index < -0.39 is 9.84 Å². The molecule has 1 aliphatic rings. The van der Waals surface area contributed by atoms with E-state index in [1.54, 1.807) is 0 Å². The molecule has 5 nitrogen and oxygen atoms in total. The van der Waals surface area contributed by atoms with Crippen molar-refractivity contribution < 1.29 is 18.0 Å². The molecule has 2 rings (SSSR count). The lowest BCUT2D eigenvalue weighted by atomic mass is 10.0. The Morgan fingerprint density at radius 2 is 2.00 bits per heavy atom. The van der Waals surface area contributed by atoms with Crippen molar-refractivity contribution >= 4 is 32.7 Å². The van der Waals surface area contributed by atoms with Gasteiger partial charge < -0.3 is 5.32 Å². The van der Waals surface area contributed by atoms with E-state index in [0.29, 0.717) is 17.0 Å². The van der Waals surface area contributed by atoms with Crippen molar-refractivity contribution in [3.63, 3.8) is 0 Å². The first-order chi connectivity index (χ1) is 7.82. The van der Waals surface area contributed by atoms with Crippen molar-refractivity contribution in [1.82, 2.24) is 5.32 Å². The molecule has 0 spiro atoms. The lowest BCUT2D eigenvalue weighted by molar-refractivity contribution is 0.0980. The Morgan fingerprint density at radius 1 is 1.35 bits per heavy atom. The molecular formula is C10H11NO4S2. The first-order valence-electron chi connectivity index (χ1n) is 4.93. The molecule has 0 saturated heterocycles. The molecule has 1 aromatic rings. The van der Waals surface area contributed by atoms with E-state index in [2.05, 4.69) is 5.32 Å². The van der Waals surface area contributed by atoms with Gasteiger partial charge in [0.1, 0.15) is 4.21 Å². The molecule has 0 saturated carbocycles. The fourth-order valence-electron chi connectivity index (χ4n) is 1.83. The van der Waals surface area contributed by atoms with Gasteiger partial charge in [-0.15, -0.1) is 11.3 Å². The number of thiophene rings is 1. The third kappa shape index (κ3) is 2.05. The van der Waals surface area contributed by atoms with Crippen LogP contribution in [0.2, 0.25) is 0 Å². The lowest BCUT2D eigenvalue weighted by Crippen LogP contribution is -2.30. The molecule has 0 aromatic carbocycles. The quantitative estimate of drug-likeness (QED) is 0.800. The van der Waals surface area contributed by atoms with Crippen LogP contribution < -0.4 is 5.32 Å². The summed E-state index contributed by atoms with van der Waals surface area (Å²) in [5, 5.41) is 2.86. The van der Waals surface area contributed by atoms with Crippen molar-refractivity contribution in [2.24, 2.45) is 0 Å². The summed E-state index contributed by atoms with van der Waals surface area (Å²) in [6.45, 7) is 1.85. The second kappa shape index (κ2) is 4.01. The predicted molar refractivity (Wildman–Crippen MR) is 63.5 cm³/mol. The highest BCUT2D eigenvalue weighted by atomic mass is 32.2. The van der Waals surface area contributed by atoms with Crippen molar-refractivity contribution in [2.75, 3.05) is 12.8 Å². The third-order valence-electron chi connectivity index (χ3n) is 2.50. The Bertz CT molecular complexity index is 612. The number of fused-ring (bicyclic) bond motifs is 1. The SMILES string of the molecule is CC(=O)c1sc(S(C)(=O)=O)c2c1CNCC2=O. The Labute approximate surface area is 103 Å². The fraction of sp³-hybridized carbons (Fsp3) is 0.400. The van der Waals surface area contributed by atoms with Crippen LogP contribution in [0.25, 0.3) is 0 Å². The van der Waals surface area contributed by atoms with Gasteiger partial charge >= 0.3 is 0 Å². The average Bonchev–Trinajstić information content (AvgIpc) is 2.57. The summed E-state index contributed by atoms with van der Waals surface area (Å²) in [7, 11) is -3.47. The number of hydrogen-bond donors (Lipinski definition) is 1. The third-order valence-corrected chi connectivity index (χ3v) is 5.66. The summed E-state index contributed by atoms with van der Waals surface area (Å²) in [4.78, 5) is 23.6. The zero-order valence-corrected chi connectivity index (χ0v) is 11.0. The van der Waals surface area contributed by atoms with Crippen LogP contribution in [0.4, 0.5) is 0 Å². The second-order valence-electron chi connectivity index (χ2n) is 3.93. The van der Waals surface area contributed by atoms with Crippen LogP contribution in [0.1, 0.15) is 32.5 Å². The largest absolute Gasteiger partial charge is 0.306 e. The number of hydrogen-bond acceptors (Lipinski definition) is 6. The van der Waals surface area contributed by atoms with Gasteiger partial charge in [0.05, 0.1) is 17.0 Å². The van der Waals surface area contributed by atoms with Gasteiger partial charge in [0.25, 0.3) is 0 Å². The second-order valence-corrected chi connectivity index (χ2v) is 7.16. The Balaban J connectivity index is 2.79. The molecular weight excluding hydrogens is 262 g/mol. The highest BCUT2D eigenvalue weighted by molar-refractivity contribution is 7.92. The lowest BCUT2D eigenvalue weighted by Gasteiger charge is -2.13. The standard InChI is InChI=1S/C10H11NO4S2/c1-5(12)9-6-3-11-4-7(13)8(6)10(16-9)17(2,14)15/h11H,3-4H2,1-2H3.